The van der Waals surface area contributed by atoms with Crippen molar-refractivity contribution in [2.45, 2.75) is 6.54 Å². The molecule has 0 saturated heterocycles. The van der Waals surface area contributed by atoms with Crippen LogP contribution < -0.4 is 5.73 Å². The lowest BCUT2D eigenvalue weighted by Gasteiger charge is -2.05. The highest BCUT2D eigenvalue weighted by molar-refractivity contribution is 9.10. The highest BCUT2D eigenvalue weighted by Gasteiger charge is 2.01. The van der Waals surface area contributed by atoms with Crippen molar-refractivity contribution in [3.63, 3.8) is 0 Å². The van der Waals surface area contributed by atoms with E-state index in [9.17, 15) is 0 Å². The molecule has 1 aromatic carbocycles. The number of nitrogens with zero attached hydrogens (tertiary/aromatic N) is 2. The van der Waals surface area contributed by atoms with Crippen molar-refractivity contribution in [1.82, 2.24) is 9.78 Å². The minimum absolute atomic E-state index is 0.524. The SMILES string of the molecule is NCc1cc(-n2cccn2)ccc1Br. The number of halogens is 1. The highest BCUT2D eigenvalue weighted by Crippen LogP contribution is 2.19. The summed E-state index contributed by atoms with van der Waals surface area (Å²) in [5, 5.41) is 4.15. The lowest BCUT2D eigenvalue weighted by Crippen LogP contribution is -2.00. The quantitative estimate of drug-likeness (QED) is 0.889. The molecule has 0 aliphatic heterocycles. The van der Waals surface area contributed by atoms with Crippen LogP contribution in [-0.4, -0.2) is 9.78 Å². The Morgan fingerprint density at radius 1 is 1.43 bits per heavy atom. The van der Waals surface area contributed by atoms with E-state index in [1.54, 1.807) is 6.20 Å². The summed E-state index contributed by atoms with van der Waals surface area (Å²) in [6, 6.07) is 7.90. The lowest BCUT2D eigenvalue weighted by atomic mass is 10.2. The van der Waals surface area contributed by atoms with Crippen molar-refractivity contribution < 1.29 is 0 Å². The lowest BCUT2D eigenvalue weighted by molar-refractivity contribution is 0.875. The van der Waals surface area contributed by atoms with Gasteiger partial charge in [0.2, 0.25) is 0 Å². The Morgan fingerprint density at radius 3 is 2.93 bits per heavy atom. The third-order valence-electron chi connectivity index (χ3n) is 2.02. The van der Waals surface area contributed by atoms with E-state index in [0.717, 1.165) is 15.7 Å². The highest BCUT2D eigenvalue weighted by atomic mass is 79.9. The average Bonchev–Trinajstić information content (AvgIpc) is 2.71. The standard InChI is InChI=1S/C10H10BrN3/c11-10-3-2-9(6-8(10)7-12)14-5-1-4-13-14/h1-6H,7,12H2. The molecule has 4 heteroatoms. The first-order chi connectivity index (χ1) is 6.81. The molecule has 0 aliphatic rings. The molecule has 0 fully saturated rings. The normalized spacial score (nSPS) is 10.4. The summed E-state index contributed by atoms with van der Waals surface area (Å²) in [7, 11) is 0. The Balaban J connectivity index is 2.46. The molecular weight excluding hydrogens is 242 g/mol. The number of hydrogen-bond acceptors (Lipinski definition) is 2. The predicted molar refractivity (Wildman–Crippen MR) is 59.2 cm³/mol. The van der Waals surface area contributed by atoms with Crippen LogP contribution in [-0.2, 0) is 6.54 Å². The van der Waals surface area contributed by atoms with Crippen LogP contribution in [0.3, 0.4) is 0 Å². The second-order valence-electron chi connectivity index (χ2n) is 2.93. The Bertz CT molecular complexity index is 423. The van der Waals surface area contributed by atoms with Gasteiger partial charge in [-0.1, -0.05) is 15.9 Å². The van der Waals surface area contributed by atoms with Gasteiger partial charge in [0.15, 0.2) is 0 Å². The zero-order valence-electron chi connectivity index (χ0n) is 7.52. The van der Waals surface area contributed by atoms with E-state index in [1.807, 2.05) is 35.1 Å². The second kappa shape index (κ2) is 3.94. The number of nitrogens with two attached hydrogens (primary N) is 1. The summed E-state index contributed by atoms with van der Waals surface area (Å²) in [5.74, 6) is 0. The molecular formula is C10H10BrN3. The summed E-state index contributed by atoms with van der Waals surface area (Å²) in [4.78, 5) is 0. The molecule has 0 radical (unpaired) electrons. The average molecular weight is 252 g/mol. The molecule has 0 amide bonds. The van der Waals surface area contributed by atoms with Gasteiger partial charge in [-0.3, -0.25) is 0 Å². The maximum atomic E-state index is 5.61. The minimum atomic E-state index is 0.524. The van der Waals surface area contributed by atoms with Crippen LogP contribution in [0.25, 0.3) is 5.69 Å². The number of aromatic nitrogens is 2. The third-order valence-corrected chi connectivity index (χ3v) is 2.79. The summed E-state index contributed by atoms with van der Waals surface area (Å²) >= 11 is 3.44. The van der Waals surface area contributed by atoms with Crippen molar-refractivity contribution in [3.8, 4) is 5.69 Å². The molecule has 2 N–H and O–H groups in total. The Hall–Kier alpha value is -1.13. The molecule has 14 heavy (non-hydrogen) atoms. The summed E-state index contributed by atoms with van der Waals surface area (Å²) < 4.78 is 2.85. The van der Waals surface area contributed by atoms with Gasteiger partial charge in [0.1, 0.15) is 0 Å². The summed E-state index contributed by atoms with van der Waals surface area (Å²) in [5.41, 5.74) is 7.72. The van der Waals surface area contributed by atoms with Crippen molar-refractivity contribution in [3.05, 3.63) is 46.7 Å². The zero-order chi connectivity index (χ0) is 9.97. The van der Waals surface area contributed by atoms with E-state index >= 15 is 0 Å². The fourth-order valence-electron chi connectivity index (χ4n) is 1.28. The summed E-state index contributed by atoms with van der Waals surface area (Å²) in [6.45, 7) is 0.524. The Morgan fingerprint density at radius 2 is 2.29 bits per heavy atom. The number of rotatable bonds is 2. The van der Waals surface area contributed by atoms with Gasteiger partial charge in [-0.2, -0.15) is 5.10 Å². The first-order valence-corrected chi connectivity index (χ1v) is 5.09. The predicted octanol–water partition coefficient (Wildman–Crippen LogP) is 2.09. The van der Waals surface area contributed by atoms with Crippen molar-refractivity contribution in [2.75, 3.05) is 0 Å². The van der Waals surface area contributed by atoms with Gasteiger partial charge >= 0.3 is 0 Å². The van der Waals surface area contributed by atoms with Crippen molar-refractivity contribution >= 4 is 15.9 Å². The van der Waals surface area contributed by atoms with Gasteiger partial charge in [-0.15, -0.1) is 0 Å². The molecule has 0 saturated carbocycles. The van der Waals surface area contributed by atoms with Gasteiger partial charge < -0.3 is 5.73 Å². The molecule has 2 aromatic rings. The number of benzene rings is 1. The van der Waals surface area contributed by atoms with Crippen LogP contribution >= 0.6 is 15.9 Å². The molecule has 0 spiro atoms. The van der Waals surface area contributed by atoms with E-state index in [-0.39, 0.29) is 0 Å². The fraction of sp³-hybridized carbons (Fsp3) is 0.100. The van der Waals surface area contributed by atoms with E-state index < -0.39 is 0 Å². The molecule has 1 aromatic heterocycles. The summed E-state index contributed by atoms with van der Waals surface area (Å²) in [6.07, 6.45) is 3.66. The van der Waals surface area contributed by atoms with Crippen LogP contribution in [0.1, 0.15) is 5.56 Å². The maximum absolute atomic E-state index is 5.61. The zero-order valence-corrected chi connectivity index (χ0v) is 9.11. The van der Waals surface area contributed by atoms with Gasteiger partial charge in [0.25, 0.3) is 0 Å². The van der Waals surface area contributed by atoms with Crippen LogP contribution in [0.5, 0.6) is 0 Å². The molecule has 0 unspecified atom stereocenters. The van der Waals surface area contributed by atoms with Crippen LogP contribution in [0.2, 0.25) is 0 Å². The second-order valence-corrected chi connectivity index (χ2v) is 3.78. The van der Waals surface area contributed by atoms with E-state index in [4.69, 9.17) is 5.73 Å². The van der Waals surface area contributed by atoms with E-state index in [0.29, 0.717) is 6.54 Å². The van der Waals surface area contributed by atoms with Crippen molar-refractivity contribution in [1.29, 1.82) is 0 Å². The molecule has 0 aliphatic carbocycles. The van der Waals surface area contributed by atoms with E-state index in [2.05, 4.69) is 21.0 Å². The van der Waals surface area contributed by atoms with Crippen LogP contribution in [0, 0.1) is 0 Å². The fourth-order valence-corrected chi connectivity index (χ4v) is 1.69. The van der Waals surface area contributed by atoms with Gasteiger partial charge in [-0.25, -0.2) is 4.68 Å². The van der Waals surface area contributed by atoms with E-state index in [1.165, 1.54) is 0 Å². The maximum Gasteiger partial charge on any atom is 0.0649 e. The topological polar surface area (TPSA) is 43.8 Å². The molecule has 2 rings (SSSR count). The van der Waals surface area contributed by atoms with Crippen LogP contribution in [0.4, 0.5) is 0 Å². The Kier molecular flexibility index (Phi) is 2.65. The first kappa shape index (κ1) is 9.43. The van der Waals surface area contributed by atoms with Crippen LogP contribution in [0.15, 0.2) is 41.1 Å². The van der Waals surface area contributed by atoms with Crippen molar-refractivity contribution in [2.24, 2.45) is 5.73 Å². The molecule has 3 nitrogen and oxygen atoms in total. The molecule has 72 valence electrons. The largest absolute Gasteiger partial charge is 0.326 e. The monoisotopic (exact) mass is 251 g/mol. The smallest absolute Gasteiger partial charge is 0.0649 e. The third kappa shape index (κ3) is 1.71. The molecule has 1 heterocycles. The molecule has 0 bridgehead atoms. The Labute approximate surface area is 90.7 Å². The molecule has 0 atom stereocenters. The van der Waals surface area contributed by atoms with Gasteiger partial charge in [0, 0.05) is 23.4 Å². The number of hydrogen-bond donors (Lipinski definition) is 1. The first-order valence-electron chi connectivity index (χ1n) is 4.30. The van der Waals surface area contributed by atoms with Gasteiger partial charge in [0.05, 0.1) is 5.69 Å². The van der Waals surface area contributed by atoms with Gasteiger partial charge in [-0.05, 0) is 29.8 Å². The minimum Gasteiger partial charge on any atom is -0.326 e.